The Hall–Kier alpha value is -3.67. The van der Waals surface area contributed by atoms with E-state index in [-0.39, 0.29) is 31.1 Å². The maximum absolute atomic E-state index is 12.9. The molecule has 0 spiro atoms. The van der Waals surface area contributed by atoms with Gasteiger partial charge in [-0.15, -0.1) is 0 Å². The highest BCUT2D eigenvalue weighted by atomic mass is 16.6. The van der Waals surface area contributed by atoms with E-state index >= 15 is 0 Å². The standard InChI is InChI=1S/C76H132O6/c1-4-7-10-13-16-19-22-25-27-29-31-32-33-34-35-36-37-38-39-40-41-42-43-44-45-47-48-51-54-57-60-63-66-69-75(78)81-72-73(71-80-74(77)68-65-62-59-56-53-50-24-21-18-15-12-9-6-3)82-76(79)70-67-64-61-58-55-52-49-46-30-28-26-23-20-17-14-11-8-5-2/h7,10,16,19,25,27-28,30-32,34-35,37-38,40-41,73H,4-6,8-9,11-15,17-18,20-24,26,29,33,36,39,42-72H2,1-3H3/b10-7-,19-16-,27-25-,30-28-,32-31-,35-34-,38-37-,41-40-. The second kappa shape index (κ2) is 69.8. The maximum atomic E-state index is 12.9. The van der Waals surface area contributed by atoms with Crippen molar-refractivity contribution in [2.45, 2.75) is 354 Å². The molecule has 0 bridgehead atoms. The molecule has 0 radical (unpaired) electrons. The van der Waals surface area contributed by atoms with Crippen LogP contribution < -0.4 is 0 Å². The maximum Gasteiger partial charge on any atom is 0.306 e. The average Bonchev–Trinajstić information content (AvgIpc) is 3.47. The molecule has 0 aliphatic heterocycles. The molecule has 6 heteroatoms. The van der Waals surface area contributed by atoms with Crippen LogP contribution in [0.2, 0.25) is 0 Å². The van der Waals surface area contributed by atoms with Crippen LogP contribution in [0.5, 0.6) is 0 Å². The summed E-state index contributed by atoms with van der Waals surface area (Å²) in [6.45, 7) is 6.56. The molecule has 0 aliphatic carbocycles. The van der Waals surface area contributed by atoms with Crippen LogP contribution in [-0.4, -0.2) is 37.2 Å². The second-order valence-electron chi connectivity index (χ2n) is 23.4. The monoisotopic (exact) mass is 1140 g/mol. The highest BCUT2D eigenvalue weighted by molar-refractivity contribution is 5.71. The van der Waals surface area contributed by atoms with Crippen LogP contribution in [0, 0.1) is 0 Å². The topological polar surface area (TPSA) is 78.9 Å². The summed E-state index contributed by atoms with van der Waals surface area (Å²) in [7, 11) is 0. The minimum Gasteiger partial charge on any atom is -0.462 e. The Balaban J connectivity index is 4.23. The van der Waals surface area contributed by atoms with Crippen molar-refractivity contribution in [3.05, 3.63) is 97.2 Å². The lowest BCUT2D eigenvalue weighted by Gasteiger charge is -2.18. The molecular formula is C76H132O6. The van der Waals surface area contributed by atoms with E-state index in [0.29, 0.717) is 19.3 Å². The quantitative estimate of drug-likeness (QED) is 0.0261. The van der Waals surface area contributed by atoms with Gasteiger partial charge in [-0.1, -0.05) is 323 Å². The van der Waals surface area contributed by atoms with Crippen molar-refractivity contribution in [3.63, 3.8) is 0 Å². The molecule has 6 nitrogen and oxygen atoms in total. The van der Waals surface area contributed by atoms with Crippen LogP contribution in [0.25, 0.3) is 0 Å². The van der Waals surface area contributed by atoms with E-state index in [1.54, 1.807) is 0 Å². The number of unbranched alkanes of at least 4 members (excludes halogenated alkanes) is 37. The van der Waals surface area contributed by atoms with E-state index in [1.807, 2.05) is 0 Å². The number of hydrogen-bond donors (Lipinski definition) is 0. The van der Waals surface area contributed by atoms with E-state index in [4.69, 9.17) is 14.2 Å². The number of carbonyl (C=O) groups is 3. The van der Waals surface area contributed by atoms with Crippen molar-refractivity contribution in [1.29, 1.82) is 0 Å². The fourth-order valence-electron chi connectivity index (χ4n) is 10.1. The number of rotatable bonds is 64. The van der Waals surface area contributed by atoms with Gasteiger partial charge < -0.3 is 14.2 Å². The van der Waals surface area contributed by atoms with Crippen molar-refractivity contribution < 1.29 is 28.6 Å². The van der Waals surface area contributed by atoms with Gasteiger partial charge in [0, 0.05) is 19.3 Å². The minimum atomic E-state index is -0.780. The zero-order chi connectivity index (χ0) is 59.2. The Labute approximate surface area is 508 Å². The molecule has 0 fully saturated rings. The van der Waals surface area contributed by atoms with Crippen LogP contribution in [-0.2, 0) is 28.6 Å². The summed E-state index contributed by atoms with van der Waals surface area (Å²) >= 11 is 0. The molecule has 0 amide bonds. The largest absolute Gasteiger partial charge is 0.462 e. The van der Waals surface area contributed by atoms with Gasteiger partial charge in [0.05, 0.1) is 0 Å². The van der Waals surface area contributed by atoms with Crippen molar-refractivity contribution >= 4 is 17.9 Å². The predicted octanol–water partition coefficient (Wildman–Crippen LogP) is 24.4. The van der Waals surface area contributed by atoms with E-state index in [0.717, 1.165) is 103 Å². The lowest BCUT2D eigenvalue weighted by molar-refractivity contribution is -0.167. The Morgan fingerprint density at radius 3 is 0.756 bits per heavy atom. The van der Waals surface area contributed by atoms with E-state index in [9.17, 15) is 14.4 Å². The summed E-state index contributed by atoms with van der Waals surface area (Å²) in [5.41, 5.74) is 0. The zero-order valence-electron chi connectivity index (χ0n) is 54.2. The molecule has 0 aliphatic rings. The first-order valence-corrected chi connectivity index (χ1v) is 35.2. The normalized spacial score (nSPS) is 12.7. The van der Waals surface area contributed by atoms with Gasteiger partial charge in [0.2, 0.25) is 0 Å². The zero-order valence-corrected chi connectivity index (χ0v) is 54.2. The first-order valence-electron chi connectivity index (χ1n) is 35.2. The average molecular weight is 1140 g/mol. The molecule has 0 heterocycles. The van der Waals surface area contributed by atoms with Crippen molar-refractivity contribution in [3.8, 4) is 0 Å². The molecule has 472 valence electrons. The summed E-state index contributed by atoms with van der Waals surface area (Å²) < 4.78 is 17.0. The van der Waals surface area contributed by atoms with Gasteiger partial charge in [-0.05, 0) is 103 Å². The highest BCUT2D eigenvalue weighted by Gasteiger charge is 2.19. The second-order valence-corrected chi connectivity index (χ2v) is 23.4. The molecule has 0 aromatic rings. The minimum absolute atomic E-state index is 0.0751. The molecule has 0 saturated carbocycles. The molecule has 1 unspecified atom stereocenters. The van der Waals surface area contributed by atoms with Gasteiger partial charge in [0.1, 0.15) is 13.2 Å². The third-order valence-electron chi connectivity index (χ3n) is 15.3. The summed E-state index contributed by atoms with van der Waals surface area (Å²) in [6.07, 6.45) is 94.3. The van der Waals surface area contributed by atoms with Gasteiger partial charge in [-0.2, -0.15) is 0 Å². The van der Waals surface area contributed by atoms with Crippen LogP contribution in [0.15, 0.2) is 97.2 Å². The van der Waals surface area contributed by atoms with Crippen LogP contribution in [0.3, 0.4) is 0 Å². The fraction of sp³-hybridized carbons (Fsp3) is 0.750. The highest BCUT2D eigenvalue weighted by Crippen LogP contribution is 2.17. The van der Waals surface area contributed by atoms with Gasteiger partial charge in [0.15, 0.2) is 6.10 Å². The van der Waals surface area contributed by atoms with Crippen molar-refractivity contribution in [1.82, 2.24) is 0 Å². The predicted molar refractivity (Wildman–Crippen MR) is 357 cm³/mol. The smallest absolute Gasteiger partial charge is 0.306 e. The van der Waals surface area contributed by atoms with Gasteiger partial charge >= 0.3 is 17.9 Å². The first kappa shape index (κ1) is 78.3. The molecular weight excluding hydrogens is 1010 g/mol. The molecule has 0 aromatic heterocycles. The number of hydrogen-bond acceptors (Lipinski definition) is 6. The molecule has 82 heavy (non-hydrogen) atoms. The third-order valence-corrected chi connectivity index (χ3v) is 15.3. The SMILES string of the molecule is CC/C=C\C/C=C\C/C=C\C/C=C\C/C=C\C/C=C\C/C=C\CCCCCCCCCCCCCC(=O)OCC(COC(=O)CCCCCCCCCCCCCCC)OC(=O)CCCCCCCCC/C=C\CCCCCCCCC. The van der Waals surface area contributed by atoms with Crippen LogP contribution in [0.4, 0.5) is 0 Å². The Kier molecular flexibility index (Phi) is 66.7. The lowest BCUT2D eigenvalue weighted by Crippen LogP contribution is -2.30. The molecule has 0 N–H and O–H groups in total. The van der Waals surface area contributed by atoms with Crippen LogP contribution in [0.1, 0.15) is 348 Å². The Bertz CT molecular complexity index is 1590. The van der Waals surface area contributed by atoms with Crippen molar-refractivity contribution in [2.75, 3.05) is 13.2 Å². The molecule has 0 rings (SSSR count). The summed E-state index contributed by atoms with van der Waals surface area (Å²) in [6, 6.07) is 0. The summed E-state index contributed by atoms with van der Waals surface area (Å²) in [4.78, 5) is 38.4. The number of esters is 3. The third kappa shape index (κ3) is 67.1. The van der Waals surface area contributed by atoms with Gasteiger partial charge in [-0.3, -0.25) is 14.4 Å². The fourth-order valence-corrected chi connectivity index (χ4v) is 10.1. The van der Waals surface area contributed by atoms with Crippen LogP contribution >= 0.6 is 0 Å². The van der Waals surface area contributed by atoms with Gasteiger partial charge in [-0.25, -0.2) is 0 Å². The van der Waals surface area contributed by atoms with E-state index < -0.39 is 6.10 Å². The Morgan fingerprint density at radius 1 is 0.256 bits per heavy atom. The van der Waals surface area contributed by atoms with E-state index in [2.05, 4.69) is 118 Å². The number of allylic oxidation sites excluding steroid dienone is 16. The van der Waals surface area contributed by atoms with Crippen molar-refractivity contribution in [2.24, 2.45) is 0 Å². The van der Waals surface area contributed by atoms with Gasteiger partial charge in [0.25, 0.3) is 0 Å². The Morgan fingerprint density at radius 2 is 0.476 bits per heavy atom. The number of carbonyl (C=O) groups excluding carboxylic acids is 3. The van der Waals surface area contributed by atoms with E-state index in [1.165, 1.54) is 205 Å². The molecule has 0 aromatic carbocycles. The molecule has 0 saturated heterocycles. The number of ether oxygens (including phenoxy) is 3. The molecule has 1 atom stereocenters. The summed E-state index contributed by atoms with van der Waals surface area (Å²) in [5, 5.41) is 0. The first-order chi connectivity index (χ1) is 40.5. The lowest BCUT2D eigenvalue weighted by atomic mass is 10.0. The summed E-state index contributed by atoms with van der Waals surface area (Å²) in [5.74, 6) is -0.866.